The summed E-state index contributed by atoms with van der Waals surface area (Å²) in [4.78, 5) is 0. The molecule has 0 radical (unpaired) electrons. The van der Waals surface area contributed by atoms with E-state index in [4.69, 9.17) is 9.47 Å². The van der Waals surface area contributed by atoms with Crippen LogP contribution in [0.2, 0.25) is 0 Å². The van der Waals surface area contributed by atoms with E-state index in [1.165, 1.54) is 6.42 Å². The summed E-state index contributed by atoms with van der Waals surface area (Å²) in [6.07, 6.45) is 9.20. The Morgan fingerprint density at radius 1 is 1.16 bits per heavy atom. The molecule has 0 aromatic rings. The number of hydrogen-bond acceptors (Lipinski definition) is 3. The summed E-state index contributed by atoms with van der Waals surface area (Å²) in [6.45, 7) is 6.66. The van der Waals surface area contributed by atoms with Crippen molar-refractivity contribution in [2.75, 3.05) is 0 Å². The molecular formula is C16H28O3. The predicted molar refractivity (Wildman–Crippen MR) is 75.2 cm³/mol. The van der Waals surface area contributed by atoms with Crippen LogP contribution < -0.4 is 0 Å². The first-order valence-corrected chi connectivity index (χ1v) is 7.67. The highest BCUT2D eigenvalue weighted by Crippen LogP contribution is 2.39. The standard InChI is InChI=1S/C16H28O3/c1-12(2)10-14-4-6-16(17,7-5-14)11-13(3)15-18-8-9-19-15/h8-9,12-15,17H,4-7,10-11H2,1-3H3. The van der Waals surface area contributed by atoms with Crippen LogP contribution in [0.1, 0.15) is 59.3 Å². The molecule has 2 rings (SSSR count). The number of aliphatic hydroxyl groups is 1. The van der Waals surface area contributed by atoms with Crippen LogP contribution in [0.3, 0.4) is 0 Å². The SMILES string of the molecule is CC(C)CC1CCC(O)(CC(C)C2OC=CO2)CC1. The molecule has 3 heteroatoms. The lowest BCUT2D eigenvalue weighted by molar-refractivity contribution is -0.100. The third-order valence-corrected chi connectivity index (χ3v) is 4.49. The molecule has 0 aromatic carbocycles. The van der Waals surface area contributed by atoms with Crippen molar-refractivity contribution in [3.05, 3.63) is 12.5 Å². The molecule has 0 spiro atoms. The Bertz CT molecular complexity index is 295. The van der Waals surface area contributed by atoms with E-state index in [2.05, 4.69) is 20.8 Å². The van der Waals surface area contributed by atoms with Crippen LogP contribution in [0.25, 0.3) is 0 Å². The molecule has 110 valence electrons. The lowest BCUT2D eigenvalue weighted by atomic mass is 9.73. The minimum absolute atomic E-state index is 0.211. The van der Waals surface area contributed by atoms with Crippen LogP contribution in [-0.2, 0) is 9.47 Å². The van der Waals surface area contributed by atoms with E-state index >= 15 is 0 Å². The van der Waals surface area contributed by atoms with Gasteiger partial charge in [0.05, 0.1) is 5.60 Å². The summed E-state index contributed by atoms with van der Waals surface area (Å²) in [5, 5.41) is 10.7. The summed E-state index contributed by atoms with van der Waals surface area (Å²) in [5.74, 6) is 1.79. The number of hydrogen-bond donors (Lipinski definition) is 1. The largest absolute Gasteiger partial charge is 0.459 e. The van der Waals surface area contributed by atoms with Gasteiger partial charge in [0.2, 0.25) is 6.29 Å². The Morgan fingerprint density at radius 2 is 1.74 bits per heavy atom. The fourth-order valence-electron chi connectivity index (χ4n) is 3.54. The second-order valence-corrected chi connectivity index (χ2v) is 6.89. The zero-order valence-electron chi connectivity index (χ0n) is 12.5. The first-order chi connectivity index (χ1) is 8.98. The molecule has 19 heavy (non-hydrogen) atoms. The van der Waals surface area contributed by atoms with Gasteiger partial charge in [0.25, 0.3) is 0 Å². The minimum atomic E-state index is -0.512. The number of ether oxygens (including phenoxy) is 2. The van der Waals surface area contributed by atoms with Crippen LogP contribution in [0.15, 0.2) is 12.5 Å². The summed E-state index contributed by atoms with van der Waals surface area (Å²) < 4.78 is 10.7. The molecule has 1 heterocycles. The van der Waals surface area contributed by atoms with Gasteiger partial charge in [-0.05, 0) is 50.4 Å². The lowest BCUT2D eigenvalue weighted by Gasteiger charge is -2.38. The molecule has 3 nitrogen and oxygen atoms in total. The molecule has 1 saturated carbocycles. The average molecular weight is 268 g/mol. The van der Waals surface area contributed by atoms with Crippen molar-refractivity contribution in [3.8, 4) is 0 Å². The minimum Gasteiger partial charge on any atom is -0.459 e. The highest BCUT2D eigenvalue weighted by molar-refractivity contribution is 4.88. The second kappa shape index (κ2) is 6.17. The maximum absolute atomic E-state index is 10.7. The summed E-state index contributed by atoms with van der Waals surface area (Å²) in [6, 6.07) is 0. The molecule has 0 bridgehead atoms. The average Bonchev–Trinajstić information content (AvgIpc) is 2.85. The smallest absolute Gasteiger partial charge is 0.242 e. The molecule has 1 fully saturated rings. The maximum Gasteiger partial charge on any atom is 0.242 e. The van der Waals surface area contributed by atoms with Crippen molar-refractivity contribution in [2.45, 2.75) is 71.2 Å². The van der Waals surface area contributed by atoms with E-state index in [0.717, 1.165) is 43.9 Å². The van der Waals surface area contributed by atoms with Crippen LogP contribution >= 0.6 is 0 Å². The third kappa shape index (κ3) is 4.13. The van der Waals surface area contributed by atoms with Crippen molar-refractivity contribution in [2.24, 2.45) is 17.8 Å². The highest BCUT2D eigenvalue weighted by Gasteiger charge is 2.37. The first kappa shape index (κ1) is 14.7. The van der Waals surface area contributed by atoms with Crippen molar-refractivity contribution in [1.29, 1.82) is 0 Å². The highest BCUT2D eigenvalue weighted by atomic mass is 16.7. The van der Waals surface area contributed by atoms with Gasteiger partial charge in [-0.15, -0.1) is 0 Å². The summed E-state index contributed by atoms with van der Waals surface area (Å²) >= 11 is 0. The van der Waals surface area contributed by atoms with E-state index in [9.17, 15) is 5.11 Å². The molecule has 1 aliphatic carbocycles. The zero-order chi connectivity index (χ0) is 13.9. The molecule has 0 aromatic heterocycles. The zero-order valence-corrected chi connectivity index (χ0v) is 12.5. The fraction of sp³-hybridized carbons (Fsp3) is 0.875. The van der Waals surface area contributed by atoms with Crippen molar-refractivity contribution in [1.82, 2.24) is 0 Å². The van der Waals surface area contributed by atoms with Gasteiger partial charge in [-0.25, -0.2) is 0 Å². The Morgan fingerprint density at radius 3 is 2.26 bits per heavy atom. The topological polar surface area (TPSA) is 38.7 Å². The molecular weight excluding hydrogens is 240 g/mol. The van der Waals surface area contributed by atoms with Gasteiger partial charge in [-0.1, -0.05) is 20.8 Å². The Balaban J connectivity index is 1.77. The predicted octanol–water partition coefficient (Wildman–Crippen LogP) is 3.82. The van der Waals surface area contributed by atoms with Gasteiger partial charge in [-0.2, -0.15) is 0 Å². The van der Waals surface area contributed by atoms with Crippen LogP contribution in [0.4, 0.5) is 0 Å². The van der Waals surface area contributed by atoms with E-state index in [1.807, 2.05) is 0 Å². The summed E-state index contributed by atoms with van der Waals surface area (Å²) in [5.41, 5.74) is -0.512. The van der Waals surface area contributed by atoms with Crippen LogP contribution in [0.5, 0.6) is 0 Å². The summed E-state index contributed by atoms with van der Waals surface area (Å²) in [7, 11) is 0. The van der Waals surface area contributed by atoms with Gasteiger partial charge in [0.1, 0.15) is 12.5 Å². The second-order valence-electron chi connectivity index (χ2n) is 6.89. The van der Waals surface area contributed by atoms with Crippen molar-refractivity contribution < 1.29 is 14.6 Å². The van der Waals surface area contributed by atoms with Gasteiger partial charge in [0, 0.05) is 5.92 Å². The quantitative estimate of drug-likeness (QED) is 0.823. The Kier molecular flexibility index (Phi) is 4.77. The van der Waals surface area contributed by atoms with Gasteiger partial charge >= 0.3 is 0 Å². The number of rotatable bonds is 5. The molecule has 1 unspecified atom stereocenters. The van der Waals surface area contributed by atoms with E-state index in [-0.39, 0.29) is 12.2 Å². The molecule has 2 aliphatic rings. The van der Waals surface area contributed by atoms with Gasteiger partial charge in [-0.3, -0.25) is 0 Å². The van der Waals surface area contributed by atoms with Crippen molar-refractivity contribution in [3.63, 3.8) is 0 Å². The van der Waals surface area contributed by atoms with E-state index < -0.39 is 5.60 Å². The first-order valence-electron chi connectivity index (χ1n) is 7.67. The Labute approximate surface area is 117 Å². The van der Waals surface area contributed by atoms with Crippen molar-refractivity contribution >= 4 is 0 Å². The third-order valence-electron chi connectivity index (χ3n) is 4.49. The molecule has 1 atom stereocenters. The monoisotopic (exact) mass is 268 g/mol. The molecule has 1 N–H and O–H groups in total. The van der Waals surface area contributed by atoms with E-state index in [1.54, 1.807) is 12.5 Å². The van der Waals surface area contributed by atoms with Crippen LogP contribution in [-0.4, -0.2) is 17.0 Å². The molecule has 1 aliphatic heterocycles. The molecule has 0 saturated heterocycles. The normalized spacial score (nSPS) is 33.2. The van der Waals surface area contributed by atoms with Crippen LogP contribution in [0, 0.1) is 17.8 Å². The lowest BCUT2D eigenvalue weighted by Crippen LogP contribution is -2.38. The fourth-order valence-corrected chi connectivity index (χ4v) is 3.54. The maximum atomic E-state index is 10.7. The van der Waals surface area contributed by atoms with Gasteiger partial charge in [0.15, 0.2) is 0 Å². The van der Waals surface area contributed by atoms with E-state index in [0.29, 0.717) is 0 Å². The molecule has 0 amide bonds. The van der Waals surface area contributed by atoms with Gasteiger partial charge < -0.3 is 14.6 Å². The Hall–Kier alpha value is -0.700.